The number of nitrogens with one attached hydrogen (secondary N) is 2. The summed E-state index contributed by atoms with van der Waals surface area (Å²) in [4.78, 5) is 27.3. The van der Waals surface area contributed by atoms with E-state index in [4.69, 9.17) is 23.2 Å². The number of benzene rings is 1. The smallest absolute Gasteiger partial charge is 0.389 e. The van der Waals surface area contributed by atoms with Crippen molar-refractivity contribution in [1.29, 1.82) is 0 Å². The molecule has 2 aliphatic carbocycles. The Balaban J connectivity index is 1.26. The van der Waals surface area contributed by atoms with Crippen LogP contribution in [0.4, 0.5) is 19.1 Å². The van der Waals surface area contributed by atoms with Crippen LogP contribution in [0, 0.1) is 5.92 Å². The fraction of sp³-hybridized carbons (Fsp3) is 0.519. The van der Waals surface area contributed by atoms with Crippen molar-refractivity contribution < 1.29 is 23.1 Å². The lowest BCUT2D eigenvalue weighted by atomic mass is 9.84. The zero-order valence-corrected chi connectivity index (χ0v) is 22.6. The Labute approximate surface area is 234 Å². The molecule has 0 spiro atoms. The summed E-state index contributed by atoms with van der Waals surface area (Å²) >= 11 is 12.5. The average molecular weight is 584 g/mol. The molecule has 1 aromatic carbocycles. The van der Waals surface area contributed by atoms with Crippen molar-refractivity contribution in [2.45, 2.75) is 74.7 Å². The maximum Gasteiger partial charge on any atom is 0.416 e. The van der Waals surface area contributed by atoms with Gasteiger partial charge in [0.1, 0.15) is 0 Å². The molecule has 1 amide bonds. The van der Waals surface area contributed by atoms with Gasteiger partial charge in [-0.2, -0.15) is 18.2 Å². The van der Waals surface area contributed by atoms with Crippen LogP contribution in [0.3, 0.4) is 0 Å². The molecule has 0 radical (unpaired) electrons. The second-order valence-corrected chi connectivity index (χ2v) is 11.4. The van der Waals surface area contributed by atoms with Crippen LogP contribution in [0.25, 0.3) is 11.2 Å². The average Bonchev–Trinajstić information content (AvgIpc) is 3.34. The third-order valence-electron chi connectivity index (χ3n) is 7.84. The number of alkyl halides is 4. The minimum Gasteiger partial charge on any atom is -0.389 e. The minimum atomic E-state index is -4.56. The molecule has 3 atom stereocenters. The maximum atomic E-state index is 13.1. The summed E-state index contributed by atoms with van der Waals surface area (Å²) in [5.41, 5.74) is 0.320. The van der Waals surface area contributed by atoms with Crippen molar-refractivity contribution in [3.8, 4) is 0 Å². The molecule has 2 heterocycles. The van der Waals surface area contributed by atoms with Crippen LogP contribution in [0.1, 0.15) is 60.9 Å². The van der Waals surface area contributed by atoms with E-state index in [2.05, 4.69) is 25.2 Å². The molecule has 210 valence electrons. The number of halogens is 5. The summed E-state index contributed by atoms with van der Waals surface area (Å²) in [5.74, 6) is 0.303. The molecule has 3 N–H and O–H groups in total. The van der Waals surface area contributed by atoms with E-state index in [0.29, 0.717) is 31.0 Å². The second-order valence-electron chi connectivity index (χ2n) is 10.5. The number of hydrogen-bond acceptors (Lipinski definition) is 5. The van der Waals surface area contributed by atoms with Gasteiger partial charge in [-0.15, -0.1) is 11.6 Å². The molecule has 0 aliphatic heterocycles. The van der Waals surface area contributed by atoms with E-state index < -0.39 is 23.8 Å². The Bertz CT molecular complexity index is 1280. The normalized spacial score (nSPS) is 25.9. The van der Waals surface area contributed by atoms with Crippen LogP contribution in [-0.2, 0) is 6.18 Å². The van der Waals surface area contributed by atoms with Gasteiger partial charge in [-0.25, -0.2) is 4.98 Å². The highest BCUT2D eigenvalue weighted by Crippen LogP contribution is 2.34. The van der Waals surface area contributed by atoms with Crippen LogP contribution in [0.15, 0.2) is 36.5 Å². The molecule has 3 unspecified atom stereocenters. The summed E-state index contributed by atoms with van der Waals surface area (Å²) in [7, 11) is 0. The number of carbonyl (C=O) groups excluding carboxylic acids is 1. The molecule has 7 nitrogen and oxygen atoms in total. The summed E-state index contributed by atoms with van der Waals surface area (Å²) in [5, 5.41) is 13.5. The molecule has 2 saturated carbocycles. The number of pyridine rings is 1. The van der Waals surface area contributed by atoms with E-state index in [1.807, 2.05) is 12.1 Å². The Hall–Kier alpha value is -2.56. The highest BCUT2D eigenvalue weighted by molar-refractivity contribution is 6.33. The summed E-state index contributed by atoms with van der Waals surface area (Å²) in [6.07, 6.45) is 1.82. The van der Waals surface area contributed by atoms with Gasteiger partial charge >= 0.3 is 6.18 Å². The molecular weight excluding hydrogens is 554 g/mol. The van der Waals surface area contributed by atoms with Crippen LogP contribution in [0.2, 0.25) is 5.02 Å². The number of rotatable bonds is 6. The molecule has 2 aliphatic rings. The van der Waals surface area contributed by atoms with Crippen molar-refractivity contribution >= 4 is 46.2 Å². The number of carbonyl (C=O) groups is 1. The van der Waals surface area contributed by atoms with Crippen LogP contribution >= 0.6 is 23.2 Å². The Morgan fingerprint density at radius 3 is 2.64 bits per heavy atom. The summed E-state index contributed by atoms with van der Waals surface area (Å²) < 4.78 is 39.4. The van der Waals surface area contributed by atoms with Gasteiger partial charge < -0.3 is 20.3 Å². The van der Waals surface area contributed by atoms with E-state index >= 15 is 0 Å². The Morgan fingerprint density at radius 2 is 1.92 bits per heavy atom. The van der Waals surface area contributed by atoms with Gasteiger partial charge in [0.15, 0.2) is 5.65 Å². The number of aliphatic hydroxyl groups is 1. The number of H-pyrrole nitrogens is 1. The first kappa shape index (κ1) is 28.0. The van der Waals surface area contributed by atoms with Crippen molar-refractivity contribution in [2.75, 3.05) is 11.4 Å². The van der Waals surface area contributed by atoms with Gasteiger partial charge in [0.2, 0.25) is 5.95 Å². The first-order valence-electron chi connectivity index (χ1n) is 13.2. The van der Waals surface area contributed by atoms with Crippen LogP contribution < -0.4 is 10.2 Å². The molecule has 2 aromatic heterocycles. The largest absolute Gasteiger partial charge is 0.416 e. The number of aliphatic hydroxyl groups excluding tert-OH is 1. The summed E-state index contributed by atoms with van der Waals surface area (Å²) in [6.45, 7) is 0.644. The highest BCUT2D eigenvalue weighted by atomic mass is 35.5. The van der Waals surface area contributed by atoms with Crippen LogP contribution in [-0.4, -0.2) is 56.1 Å². The van der Waals surface area contributed by atoms with E-state index in [-0.39, 0.29) is 34.0 Å². The van der Waals surface area contributed by atoms with Gasteiger partial charge in [-0.3, -0.25) is 4.79 Å². The Morgan fingerprint density at radius 1 is 1.15 bits per heavy atom. The number of aromatic nitrogens is 3. The fourth-order valence-corrected chi connectivity index (χ4v) is 6.22. The zero-order valence-electron chi connectivity index (χ0n) is 21.1. The monoisotopic (exact) mass is 583 g/mol. The number of hydrogen-bond donors (Lipinski definition) is 3. The van der Waals surface area contributed by atoms with E-state index in [1.165, 1.54) is 0 Å². The number of anilines is 1. The second kappa shape index (κ2) is 11.5. The lowest BCUT2D eigenvalue weighted by Gasteiger charge is -2.42. The van der Waals surface area contributed by atoms with Gasteiger partial charge in [0, 0.05) is 18.8 Å². The van der Waals surface area contributed by atoms with Crippen LogP contribution in [0.5, 0.6) is 0 Å². The predicted molar refractivity (Wildman–Crippen MR) is 144 cm³/mol. The minimum absolute atomic E-state index is 0.0196. The van der Waals surface area contributed by atoms with E-state index in [9.17, 15) is 23.1 Å². The number of fused-ring (bicyclic) bond motifs is 1. The third-order valence-corrected chi connectivity index (χ3v) is 8.64. The highest BCUT2D eigenvalue weighted by Gasteiger charge is 2.38. The third kappa shape index (κ3) is 6.28. The van der Waals surface area contributed by atoms with Gasteiger partial charge in [0.05, 0.1) is 39.2 Å². The number of amides is 1. The van der Waals surface area contributed by atoms with Gasteiger partial charge in [-0.05, 0) is 81.2 Å². The molecule has 3 aromatic rings. The quantitative estimate of drug-likeness (QED) is 0.312. The molecule has 2 fully saturated rings. The van der Waals surface area contributed by atoms with Gasteiger partial charge in [0.25, 0.3) is 5.91 Å². The SMILES string of the molecule is O=C(NC1CCC(CN(c2nc3ncccc3[nH]2)C2CCCC(Cl)C2O)CC1)c1cc(C(F)(F)F)ccc1Cl. The van der Waals surface area contributed by atoms with E-state index in [1.54, 1.807) is 6.20 Å². The maximum absolute atomic E-state index is 13.1. The van der Waals surface area contributed by atoms with E-state index in [0.717, 1.165) is 55.8 Å². The number of nitrogens with zero attached hydrogens (tertiary/aromatic N) is 3. The first-order valence-corrected chi connectivity index (χ1v) is 14.0. The predicted octanol–water partition coefficient (Wildman–Crippen LogP) is 5.95. The standard InChI is InChI=1S/C27H30Cl2F3N5O2/c28-19-11-8-16(27(30,31)32)13-18(19)25(39)34-17-9-6-15(7-10-17)14-37(22-5-1-3-20(29)23(22)38)26-35-21-4-2-12-33-24(21)36-26/h2,4,8,11-13,15,17,20,22-23,38H,1,3,5-7,9-10,14H2,(H,34,39)(H,33,35,36). The number of aromatic amines is 1. The van der Waals surface area contributed by atoms with Crippen molar-refractivity contribution in [3.05, 3.63) is 52.7 Å². The molecule has 39 heavy (non-hydrogen) atoms. The lowest BCUT2D eigenvalue weighted by Crippen LogP contribution is -2.52. The Kier molecular flexibility index (Phi) is 8.26. The summed E-state index contributed by atoms with van der Waals surface area (Å²) in [6, 6.07) is 6.14. The topological polar surface area (TPSA) is 94.1 Å². The molecule has 0 saturated heterocycles. The molecule has 0 bridgehead atoms. The molecule has 12 heteroatoms. The van der Waals surface area contributed by atoms with Gasteiger partial charge in [-0.1, -0.05) is 11.6 Å². The lowest BCUT2D eigenvalue weighted by molar-refractivity contribution is -0.137. The van der Waals surface area contributed by atoms with Crippen molar-refractivity contribution in [2.24, 2.45) is 5.92 Å². The van der Waals surface area contributed by atoms with Crippen molar-refractivity contribution in [3.63, 3.8) is 0 Å². The number of imidazole rings is 1. The molecular formula is C27H30Cl2F3N5O2. The van der Waals surface area contributed by atoms with Crippen molar-refractivity contribution in [1.82, 2.24) is 20.3 Å². The zero-order chi connectivity index (χ0) is 27.7. The first-order chi connectivity index (χ1) is 18.6. The molecule has 5 rings (SSSR count). The fourth-order valence-electron chi connectivity index (χ4n) is 5.70.